The lowest BCUT2D eigenvalue weighted by Gasteiger charge is -2.06. The van der Waals surface area contributed by atoms with Crippen molar-refractivity contribution in [2.45, 2.75) is 6.61 Å². The van der Waals surface area contributed by atoms with Gasteiger partial charge in [0.15, 0.2) is 11.6 Å². The fourth-order valence-electron chi connectivity index (χ4n) is 1.33. The summed E-state index contributed by atoms with van der Waals surface area (Å²) in [5, 5.41) is 7.17. The molecule has 0 atom stereocenters. The summed E-state index contributed by atoms with van der Waals surface area (Å²) in [4.78, 5) is 0. The van der Waals surface area contributed by atoms with Crippen LogP contribution in [0.15, 0.2) is 41.0 Å². The second-order valence-corrected chi connectivity index (χ2v) is 3.43. The molecular formula is C12H11FN2O2. The normalized spacial score (nSPS) is 10.2. The van der Waals surface area contributed by atoms with Crippen molar-refractivity contribution in [2.75, 3.05) is 0 Å². The summed E-state index contributed by atoms with van der Waals surface area (Å²) in [6.07, 6.45) is 1.52. The first-order valence-corrected chi connectivity index (χ1v) is 4.96. The minimum atomic E-state index is -0.552. The fraction of sp³-hybridized carbons (Fsp3) is 0.0833. The Hall–Kier alpha value is -2.30. The number of rotatable bonds is 4. The van der Waals surface area contributed by atoms with Crippen LogP contribution in [0.2, 0.25) is 0 Å². The maximum absolute atomic E-state index is 13.5. The molecular weight excluding hydrogens is 223 g/mol. The Bertz CT molecular complexity index is 523. The lowest BCUT2D eigenvalue weighted by molar-refractivity contribution is 0.258. The van der Waals surface area contributed by atoms with Gasteiger partial charge in [0.25, 0.3) is 0 Å². The summed E-state index contributed by atoms with van der Waals surface area (Å²) in [6, 6.07) is 7.60. The second kappa shape index (κ2) is 4.69. The third-order valence-corrected chi connectivity index (χ3v) is 2.19. The number of hydrogen-bond acceptors (Lipinski definition) is 3. The largest absolute Gasteiger partial charge is 0.483 e. The molecule has 4 nitrogen and oxygen atoms in total. The van der Waals surface area contributed by atoms with Gasteiger partial charge in [-0.1, -0.05) is 0 Å². The van der Waals surface area contributed by atoms with Gasteiger partial charge in [-0.2, -0.15) is 0 Å². The summed E-state index contributed by atoms with van der Waals surface area (Å²) < 4.78 is 23.8. The van der Waals surface area contributed by atoms with Crippen LogP contribution < -0.4 is 10.5 Å². The van der Waals surface area contributed by atoms with Crippen LogP contribution in [0.4, 0.5) is 4.39 Å². The van der Waals surface area contributed by atoms with Gasteiger partial charge in [-0.15, -0.1) is 0 Å². The lowest BCUT2D eigenvalue weighted by atomic mass is 10.2. The highest BCUT2D eigenvalue weighted by Crippen LogP contribution is 2.19. The van der Waals surface area contributed by atoms with Crippen molar-refractivity contribution in [3.05, 3.63) is 53.7 Å². The molecule has 0 amide bonds. The Morgan fingerprint density at radius 2 is 2.24 bits per heavy atom. The Morgan fingerprint density at radius 1 is 1.41 bits per heavy atom. The van der Waals surface area contributed by atoms with Crippen LogP contribution in [0, 0.1) is 11.2 Å². The molecule has 0 fully saturated rings. The molecule has 0 unspecified atom stereocenters. The van der Waals surface area contributed by atoms with Crippen LogP contribution in [-0.4, -0.2) is 5.84 Å². The monoisotopic (exact) mass is 234 g/mol. The third kappa shape index (κ3) is 2.63. The predicted octanol–water partition coefficient (Wildman–Crippen LogP) is 2.28. The van der Waals surface area contributed by atoms with Gasteiger partial charge in [-0.25, -0.2) is 4.39 Å². The predicted molar refractivity (Wildman–Crippen MR) is 60.5 cm³/mol. The zero-order chi connectivity index (χ0) is 12.3. The highest BCUT2D eigenvalue weighted by atomic mass is 19.1. The van der Waals surface area contributed by atoms with Crippen LogP contribution in [-0.2, 0) is 6.61 Å². The number of halogens is 1. The van der Waals surface area contributed by atoms with E-state index in [4.69, 9.17) is 20.3 Å². The highest BCUT2D eigenvalue weighted by Gasteiger charge is 2.07. The molecule has 0 aliphatic carbocycles. The molecule has 2 rings (SSSR count). The summed E-state index contributed by atoms with van der Waals surface area (Å²) in [5.74, 6) is -0.0165. The minimum absolute atomic E-state index is 0.103. The van der Waals surface area contributed by atoms with Crippen LogP contribution in [0.25, 0.3) is 0 Å². The molecule has 5 heteroatoms. The number of furan rings is 1. The van der Waals surface area contributed by atoms with Crippen LogP contribution in [0.3, 0.4) is 0 Å². The number of nitrogens with two attached hydrogens (primary N) is 1. The van der Waals surface area contributed by atoms with Gasteiger partial charge >= 0.3 is 0 Å². The summed E-state index contributed by atoms with van der Waals surface area (Å²) in [7, 11) is 0. The number of amidine groups is 1. The van der Waals surface area contributed by atoms with E-state index >= 15 is 0 Å². The van der Waals surface area contributed by atoms with Crippen molar-refractivity contribution in [1.82, 2.24) is 0 Å². The Morgan fingerprint density at radius 3 is 2.82 bits per heavy atom. The first-order valence-electron chi connectivity index (χ1n) is 4.96. The summed E-state index contributed by atoms with van der Waals surface area (Å²) in [5.41, 5.74) is 5.57. The fourth-order valence-corrected chi connectivity index (χ4v) is 1.33. The van der Waals surface area contributed by atoms with E-state index in [0.717, 1.165) is 0 Å². The maximum Gasteiger partial charge on any atom is 0.165 e. The van der Waals surface area contributed by atoms with Crippen molar-refractivity contribution in [3.63, 3.8) is 0 Å². The summed E-state index contributed by atoms with van der Waals surface area (Å²) in [6.45, 7) is 0.156. The van der Waals surface area contributed by atoms with Crippen LogP contribution in [0.5, 0.6) is 5.75 Å². The highest BCUT2D eigenvalue weighted by molar-refractivity contribution is 5.95. The zero-order valence-corrected chi connectivity index (χ0v) is 8.94. The van der Waals surface area contributed by atoms with E-state index in [1.165, 1.54) is 24.5 Å². The molecule has 2 aromatic rings. The van der Waals surface area contributed by atoms with Crippen LogP contribution in [0.1, 0.15) is 11.3 Å². The molecule has 0 saturated carbocycles. The third-order valence-electron chi connectivity index (χ3n) is 2.19. The van der Waals surface area contributed by atoms with Crippen molar-refractivity contribution >= 4 is 5.84 Å². The van der Waals surface area contributed by atoms with E-state index in [0.29, 0.717) is 11.3 Å². The van der Waals surface area contributed by atoms with Gasteiger partial charge in [-0.05, 0) is 30.3 Å². The average Bonchev–Trinajstić information content (AvgIpc) is 2.80. The van der Waals surface area contributed by atoms with Crippen LogP contribution >= 0.6 is 0 Å². The smallest absolute Gasteiger partial charge is 0.165 e. The molecule has 0 radical (unpaired) electrons. The Balaban J connectivity index is 2.09. The van der Waals surface area contributed by atoms with Gasteiger partial charge in [0.1, 0.15) is 18.2 Å². The molecule has 1 heterocycles. The van der Waals surface area contributed by atoms with Gasteiger partial charge < -0.3 is 14.9 Å². The van der Waals surface area contributed by atoms with Crippen molar-refractivity contribution in [2.24, 2.45) is 5.73 Å². The van der Waals surface area contributed by atoms with E-state index in [2.05, 4.69) is 0 Å². The molecule has 0 bridgehead atoms. The van der Waals surface area contributed by atoms with E-state index in [1.807, 2.05) is 0 Å². The Kier molecular flexibility index (Phi) is 3.09. The Labute approximate surface area is 97.3 Å². The quantitative estimate of drug-likeness (QED) is 0.629. The maximum atomic E-state index is 13.5. The number of nitrogen functional groups attached to an aromatic ring is 1. The van der Waals surface area contributed by atoms with Gasteiger partial charge in [0, 0.05) is 5.56 Å². The molecule has 1 aromatic carbocycles. The van der Waals surface area contributed by atoms with Crippen molar-refractivity contribution in [3.8, 4) is 5.75 Å². The zero-order valence-electron chi connectivity index (χ0n) is 8.94. The summed E-state index contributed by atoms with van der Waals surface area (Å²) >= 11 is 0. The standard InChI is InChI=1S/C12H11FN2O2/c13-10-6-8(12(14)15)3-4-11(10)17-7-9-2-1-5-16-9/h1-6H,7H2,(H3,14,15). The number of nitrogens with one attached hydrogen (secondary N) is 1. The molecule has 88 valence electrons. The number of ether oxygens (including phenoxy) is 1. The minimum Gasteiger partial charge on any atom is -0.483 e. The molecule has 0 spiro atoms. The SMILES string of the molecule is N=C(N)c1ccc(OCc2ccco2)c(F)c1. The number of benzene rings is 1. The van der Waals surface area contributed by atoms with E-state index in [-0.39, 0.29) is 18.2 Å². The van der Waals surface area contributed by atoms with Gasteiger partial charge in [-0.3, -0.25) is 5.41 Å². The molecule has 17 heavy (non-hydrogen) atoms. The molecule has 0 aliphatic heterocycles. The average molecular weight is 234 g/mol. The van der Waals surface area contributed by atoms with E-state index < -0.39 is 5.82 Å². The van der Waals surface area contributed by atoms with Gasteiger partial charge in [0.2, 0.25) is 0 Å². The van der Waals surface area contributed by atoms with Gasteiger partial charge in [0.05, 0.1) is 6.26 Å². The van der Waals surface area contributed by atoms with Crippen molar-refractivity contribution in [1.29, 1.82) is 5.41 Å². The first kappa shape index (κ1) is 11.2. The topological polar surface area (TPSA) is 72.2 Å². The second-order valence-electron chi connectivity index (χ2n) is 3.43. The van der Waals surface area contributed by atoms with E-state index in [1.54, 1.807) is 12.1 Å². The first-order chi connectivity index (χ1) is 8.16. The molecule has 1 aromatic heterocycles. The van der Waals surface area contributed by atoms with Crippen molar-refractivity contribution < 1.29 is 13.5 Å². The molecule has 0 aliphatic rings. The lowest BCUT2D eigenvalue weighted by Crippen LogP contribution is -2.11. The number of hydrogen-bond donors (Lipinski definition) is 2. The van der Waals surface area contributed by atoms with E-state index in [9.17, 15) is 4.39 Å². The molecule has 3 N–H and O–H groups in total. The molecule has 0 saturated heterocycles.